The van der Waals surface area contributed by atoms with Gasteiger partial charge in [0.1, 0.15) is 0 Å². The van der Waals surface area contributed by atoms with Gasteiger partial charge in [-0.15, -0.1) is 0 Å². The van der Waals surface area contributed by atoms with Gasteiger partial charge in [0.2, 0.25) is 0 Å². The second-order valence-electron chi connectivity index (χ2n) is 7.83. The predicted octanol–water partition coefficient (Wildman–Crippen LogP) is 4.29. The summed E-state index contributed by atoms with van der Waals surface area (Å²) in [5.74, 6) is 6.97. The molecule has 25 heavy (non-hydrogen) atoms. The van der Waals surface area contributed by atoms with E-state index in [1.54, 1.807) is 0 Å². The highest BCUT2D eigenvalue weighted by Crippen LogP contribution is 2.48. The number of nitrogens with zero attached hydrogens (tertiary/aromatic N) is 1. The van der Waals surface area contributed by atoms with Crippen molar-refractivity contribution < 1.29 is 0 Å². The minimum absolute atomic E-state index is 0.00278. The molecule has 1 saturated carbocycles. The highest BCUT2D eigenvalue weighted by Gasteiger charge is 2.41. The fourth-order valence-corrected chi connectivity index (χ4v) is 4.37. The topological polar surface area (TPSA) is 29.3 Å². The standard InChI is InChI=1S/C23H32N2/c1-5-20-16-22(23(19(4)24)11-8-12-23)17(2)15-21(20)10-9-18(3)25-13-6-7-14-25/h15-16,18H,4-8,11-14,24H2,1-3H3. The Morgan fingerprint density at radius 1 is 1.28 bits per heavy atom. The summed E-state index contributed by atoms with van der Waals surface area (Å²) in [4.78, 5) is 2.49. The largest absolute Gasteiger partial charge is 0.402 e. The predicted molar refractivity (Wildman–Crippen MR) is 107 cm³/mol. The molecule has 1 unspecified atom stereocenters. The summed E-state index contributed by atoms with van der Waals surface area (Å²) in [6.45, 7) is 13.1. The van der Waals surface area contributed by atoms with Crippen LogP contribution in [0.3, 0.4) is 0 Å². The van der Waals surface area contributed by atoms with Crippen molar-refractivity contribution in [2.24, 2.45) is 5.73 Å². The molecule has 0 amide bonds. The second kappa shape index (κ2) is 7.26. The Morgan fingerprint density at radius 2 is 1.96 bits per heavy atom. The normalized spacial score (nSPS) is 20.4. The second-order valence-corrected chi connectivity index (χ2v) is 7.83. The number of hydrogen-bond acceptors (Lipinski definition) is 2. The minimum Gasteiger partial charge on any atom is -0.402 e. The van der Waals surface area contributed by atoms with E-state index in [4.69, 9.17) is 5.73 Å². The molecule has 1 atom stereocenters. The molecule has 1 aliphatic carbocycles. The first-order chi connectivity index (χ1) is 12.0. The van der Waals surface area contributed by atoms with E-state index in [9.17, 15) is 0 Å². The number of hydrogen-bond donors (Lipinski definition) is 1. The average Bonchev–Trinajstić information content (AvgIpc) is 3.07. The van der Waals surface area contributed by atoms with Crippen LogP contribution < -0.4 is 5.73 Å². The molecule has 2 nitrogen and oxygen atoms in total. The zero-order valence-electron chi connectivity index (χ0n) is 16.1. The maximum Gasteiger partial charge on any atom is 0.0689 e. The van der Waals surface area contributed by atoms with Gasteiger partial charge in [0.05, 0.1) is 6.04 Å². The lowest BCUT2D eigenvalue weighted by atomic mass is 9.61. The van der Waals surface area contributed by atoms with E-state index in [1.165, 1.54) is 54.6 Å². The summed E-state index contributed by atoms with van der Waals surface area (Å²) in [6.07, 6.45) is 7.12. The Kier molecular flexibility index (Phi) is 5.25. The third kappa shape index (κ3) is 3.35. The molecule has 1 aliphatic heterocycles. The van der Waals surface area contributed by atoms with Gasteiger partial charge in [-0.05, 0) is 81.8 Å². The van der Waals surface area contributed by atoms with E-state index in [1.807, 2.05) is 0 Å². The molecule has 2 heteroatoms. The molecular formula is C23H32N2. The fraction of sp³-hybridized carbons (Fsp3) is 0.565. The van der Waals surface area contributed by atoms with Crippen molar-refractivity contribution in [3.8, 4) is 11.8 Å². The fourth-order valence-electron chi connectivity index (χ4n) is 4.37. The van der Waals surface area contributed by atoms with Crippen LogP contribution in [0, 0.1) is 18.8 Å². The lowest BCUT2D eigenvalue weighted by Crippen LogP contribution is -2.39. The Morgan fingerprint density at radius 3 is 2.48 bits per heavy atom. The summed E-state index contributed by atoms with van der Waals surface area (Å²) in [5.41, 5.74) is 12.2. The van der Waals surface area contributed by atoms with Crippen LogP contribution >= 0.6 is 0 Å². The number of aryl methyl sites for hydroxylation is 2. The van der Waals surface area contributed by atoms with Crippen LogP contribution in [-0.2, 0) is 11.8 Å². The zero-order valence-corrected chi connectivity index (χ0v) is 16.1. The zero-order chi connectivity index (χ0) is 18.0. The van der Waals surface area contributed by atoms with Crippen LogP contribution in [0.1, 0.15) is 68.2 Å². The van der Waals surface area contributed by atoms with E-state index in [-0.39, 0.29) is 5.41 Å². The molecule has 3 rings (SSSR count). The van der Waals surface area contributed by atoms with Crippen molar-refractivity contribution in [1.82, 2.24) is 4.90 Å². The van der Waals surface area contributed by atoms with E-state index < -0.39 is 0 Å². The van der Waals surface area contributed by atoms with Gasteiger partial charge < -0.3 is 5.73 Å². The SMILES string of the molecule is C=C(N)C1(c2cc(CC)c(C#CC(C)N3CCCC3)cc2C)CCC1. The lowest BCUT2D eigenvalue weighted by Gasteiger charge is -2.44. The van der Waals surface area contributed by atoms with Crippen LogP contribution in [0.4, 0.5) is 0 Å². The highest BCUT2D eigenvalue weighted by atomic mass is 15.2. The van der Waals surface area contributed by atoms with E-state index in [0.29, 0.717) is 6.04 Å². The van der Waals surface area contributed by atoms with Crippen LogP contribution in [0.15, 0.2) is 24.4 Å². The molecule has 2 N–H and O–H groups in total. The van der Waals surface area contributed by atoms with E-state index in [0.717, 1.165) is 25.0 Å². The highest BCUT2D eigenvalue weighted by molar-refractivity contribution is 5.52. The number of rotatable bonds is 4. The molecule has 1 saturated heterocycles. The molecule has 1 aromatic rings. The molecule has 134 valence electrons. The molecule has 2 fully saturated rings. The first kappa shape index (κ1) is 18.1. The van der Waals surface area contributed by atoms with Gasteiger partial charge in [0.25, 0.3) is 0 Å². The van der Waals surface area contributed by atoms with Crippen molar-refractivity contribution in [2.75, 3.05) is 13.1 Å². The molecule has 0 aromatic heterocycles. The Labute approximate surface area is 153 Å². The average molecular weight is 337 g/mol. The molecule has 1 aromatic carbocycles. The number of likely N-dealkylation sites (tertiary alicyclic amines) is 1. The summed E-state index contributed by atoms with van der Waals surface area (Å²) in [6, 6.07) is 4.98. The molecule has 2 aliphatic rings. The van der Waals surface area contributed by atoms with Gasteiger partial charge in [-0.2, -0.15) is 0 Å². The molecule has 0 bridgehead atoms. The van der Waals surface area contributed by atoms with Gasteiger partial charge in [0, 0.05) is 16.7 Å². The van der Waals surface area contributed by atoms with Crippen molar-refractivity contribution in [2.45, 2.75) is 70.8 Å². The quantitative estimate of drug-likeness (QED) is 0.831. The first-order valence-corrected chi connectivity index (χ1v) is 9.82. The maximum absolute atomic E-state index is 6.20. The Balaban J connectivity index is 1.91. The maximum atomic E-state index is 6.20. The van der Waals surface area contributed by atoms with Gasteiger partial charge in [0.15, 0.2) is 0 Å². The number of benzene rings is 1. The first-order valence-electron chi connectivity index (χ1n) is 9.82. The van der Waals surface area contributed by atoms with Crippen LogP contribution in [-0.4, -0.2) is 24.0 Å². The van der Waals surface area contributed by atoms with Gasteiger partial charge >= 0.3 is 0 Å². The number of allylic oxidation sites excluding steroid dienone is 1. The number of nitrogens with two attached hydrogens (primary N) is 1. The van der Waals surface area contributed by atoms with Crippen molar-refractivity contribution in [1.29, 1.82) is 0 Å². The third-order valence-corrected chi connectivity index (χ3v) is 6.27. The molecule has 0 radical (unpaired) electrons. The van der Waals surface area contributed by atoms with Crippen LogP contribution in [0.2, 0.25) is 0 Å². The van der Waals surface area contributed by atoms with E-state index in [2.05, 4.69) is 56.2 Å². The van der Waals surface area contributed by atoms with Gasteiger partial charge in [-0.1, -0.05) is 37.8 Å². The summed E-state index contributed by atoms with van der Waals surface area (Å²) >= 11 is 0. The Bertz CT molecular complexity index is 710. The van der Waals surface area contributed by atoms with Crippen molar-refractivity contribution in [3.63, 3.8) is 0 Å². The molecule has 1 heterocycles. The van der Waals surface area contributed by atoms with Crippen molar-refractivity contribution >= 4 is 0 Å². The minimum atomic E-state index is 0.00278. The Hall–Kier alpha value is -1.72. The summed E-state index contributed by atoms with van der Waals surface area (Å²) in [7, 11) is 0. The summed E-state index contributed by atoms with van der Waals surface area (Å²) in [5, 5.41) is 0. The van der Waals surface area contributed by atoms with E-state index >= 15 is 0 Å². The van der Waals surface area contributed by atoms with Gasteiger partial charge in [-0.25, -0.2) is 0 Å². The van der Waals surface area contributed by atoms with Crippen LogP contribution in [0.25, 0.3) is 0 Å². The molecular weight excluding hydrogens is 304 g/mol. The monoisotopic (exact) mass is 336 g/mol. The van der Waals surface area contributed by atoms with Crippen molar-refractivity contribution in [3.05, 3.63) is 46.7 Å². The lowest BCUT2D eigenvalue weighted by molar-refractivity contribution is 0.291. The van der Waals surface area contributed by atoms with Gasteiger partial charge in [-0.3, -0.25) is 4.90 Å². The third-order valence-electron chi connectivity index (χ3n) is 6.27. The van der Waals surface area contributed by atoms with Crippen LogP contribution in [0.5, 0.6) is 0 Å². The molecule has 0 spiro atoms. The summed E-state index contributed by atoms with van der Waals surface area (Å²) < 4.78 is 0. The smallest absolute Gasteiger partial charge is 0.0689 e.